The monoisotopic (exact) mass is 428 g/mol. The Hall–Kier alpha value is -1.04. The van der Waals surface area contributed by atoms with Crippen molar-refractivity contribution < 1.29 is 4.79 Å². The Kier molecular flexibility index (Phi) is 8.84. The van der Waals surface area contributed by atoms with E-state index < -0.39 is 0 Å². The Morgan fingerprint density at radius 2 is 1.82 bits per heavy atom. The first kappa shape index (κ1) is 23.2. The summed E-state index contributed by atoms with van der Waals surface area (Å²) in [5.74, 6) is 2.63. The topological polar surface area (TPSA) is 57.3 Å². The molecule has 0 aromatic carbocycles. The van der Waals surface area contributed by atoms with Gasteiger partial charge in [0, 0.05) is 44.3 Å². The van der Waals surface area contributed by atoms with Crippen LogP contribution in [0, 0.1) is 11.8 Å². The second kappa shape index (κ2) is 10.7. The van der Waals surface area contributed by atoms with Gasteiger partial charge in [-0.15, -0.1) is 24.8 Å². The number of amides is 1. The zero-order chi connectivity index (χ0) is 17.9. The minimum absolute atomic E-state index is 0. The average molecular weight is 429 g/mol. The van der Waals surface area contributed by atoms with Gasteiger partial charge in [-0.2, -0.15) is 0 Å². The van der Waals surface area contributed by atoms with E-state index in [1.54, 1.807) is 0 Å². The highest BCUT2D eigenvalue weighted by Crippen LogP contribution is 2.32. The highest BCUT2D eigenvalue weighted by atomic mass is 35.5. The van der Waals surface area contributed by atoms with Gasteiger partial charge < -0.3 is 15.5 Å². The zero-order valence-corrected chi connectivity index (χ0v) is 18.4. The summed E-state index contributed by atoms with van der Waals surface area (Å²) in [4.78, 5) is 19.3. The molecule has 1 amide bonds. The summed E-state index contributed by atoms with van der Waals surface area (Å²) in [5.41, 5.74) is 1.08. The lowest BCUT2D eigenvalue weighted by Gasteiger charge is -2.31. The molecular weight excluding hydrogens is 395 g/mol. The molecular formula is C21H34Cl2N4O. The molecule has 4 rings (SSSR count). The molecule has 0 saturated carbocycles. The van der Waals surface area contributed by atoms with Crippen molar-refractivity contribution in [1.82, 2.24) is 15.6 Å². The van der Waals surface area contributed by atoms with E-state index in [1.165, 1.54) is 25.7 Å². The molecule has 1 aromatic rings. The first-order chi connectivity index (χ1) is 12.7. The minimum Gasteiger partial charge on any atom is -0.357 e. The highest BCUT2D eigenvalue weighted by Gasteiger charge is 2.34. The molecule has 3 aliphatic rings. The second-order valence-electron chi connectivity index (χ2n) is 8.65. The van der Waals surface area contributed by atoms with Crippen molar-refractivity contribution in [3.8, 4) is 0 Å². The molecule has 2 N–H and O–H groups in total. The van der Waals surface area contributed by atoms with Gasteiger partial charge in [0.2, 0.25) is 5.91 Å². The van der Waals surface area contributed by atoms with Gasteiger partial charge in [-0.1, -0.05) is 13.0 Å². The van der Waals surface area contributed by atoms with Crippen LogP contribution in [0.2, 0.25) is 0 Å². The van der Waals surface area contributed by atoms with Crippen molar-refractivity contribution in [1.29, 1.82) is 0 Å². The van der Waals surface area contributed by atoms with Crippen molar-refractivity contribution in [2.45, 2.75) is 70.5 Å². The SMILES string of the molecule is CC1CCN(c2ccc(CNC(=O)CC3CC4CCC(C3)N4)cn2)CC1.Cl.Cl. The predicted molar refractivity (Wildman–Crippen MR) is 118 cm³/mol. The van der Waals surface area contributed by atoms with Crippen molar-refractivity contribution in [2.75, 3.05) is 18.0 Å². The standard InChI is InChI=1S/C21H32N4O.2ClH/c1-15-6-8-25(9-7-15)20-5-2-16(13-22-20)14-23-21(26)12-17-10-18-3-4-19(11-17)24-18;;/h2,5,13,15,17-19,24H,3-4,6-12,14H2,1H3,(H,23,26);2*1H. The lowest BCUT2D eigenvalue weighted by atomic mass is 9.89. The lowest BCUT2D eigenvalue weighted by molar-refractivity contribution is -0.122. The van der Waals surface area contributed by atoms with Gasteiger partial charge >= 0.3 is 0 Å². The maximum absolute atomic E-state index is 12.3. The van der Waals surface area contributed by atoms with Crippen LogP contribution in [-0.4, -0.2) is 36.1 Å². The molecule has 3 saturated heterocycles. The van der Waals surface area contributed by atoms with Crippen molar-refractivity contribution in [3.63, 3.8) is 0 Å². The Morgan fingerprint density at radius 1 is 1.14 bits per heavy atom. The van der Waals surface area contributed by atoms with Gasteiger partial charge in [-0.25, -0.2) is 4.98 Å². The van der Waals surface area contributed by atoms with Gasteiger partial charge in [0.25, 0.3) is 0 Å². The van der Waals surface area contributed by atoms with E-state index in [-0.39, 0.29) is 30.7 Å². The van der Waals surface area contributed by atoms with Crippen LogP contribution in [-0.2, 0) is 11.3 Å². The van der Waals surface area contributed by atoms with E-state index in [2.05, 4.69) is 39.6 Å². The van der Waals surface area contributed by atoms with Gasteiger partial charge in [0.15, 0.2) is 0 Å². The normalized spacial score (nSPS) is 26.9. The quantitative estimate of drug-likeness (QED) is 0.750. The fraction of sp³-hybridized carbons (Fsp3) is 0.714. The van der Waals surface area contributed by atoms with Gasteiger partial charge in [-0.3, -0.25) is 4.79 Å². The van der Waals surface area contributed by atoms with Gasteiger partial charge in [0.1, 0.15) is 5.82 Å². The molecule has 2 bridgehead atoms. The summed E-state index contributed by atoms with van der Waals surface area (Å²) >= 11 is 0. The Balaban J connectivity index is 0.00000140. The van der Waals surface area contributed by atoms with Crippen LogP contribution in [0.25, 0.3) is 0 Å². The Labute approximate surface area is 181 Å². The summed E-state index contributed by atoms with van der Waals surface area (Å²) in [6, 6.07) is 5.51. The first-order valence-corrected chi connectivity index (χ1v) is 10.4. The van der Waals surface area contributed by atoms with Crippen LogP contribution < -0.4 is 15.5 Å². The third-order valence-corrected chi connectivity index (χ3v) is 6.45. The van der Waals surface area contributed by atoms with Crippen LogP contribution >= 0.6 is 24.8 Å². The third kappa shape index (κ3) is 5.98. The molecule has 4 heterocycles. The fourth-order valence-corrected chi connectivity index (χ4v) is 4.82. The molecule has 3 fully saturated rings. The fourth-order valence-electron chi connectivity index (χ4n) is 4.82. The number of rotatable bonds is 5. The second-order valence-corrected chi connectivity index (χ2v) is 8.65. The minimum atomic E-state index is 0. The number of anilines is 1. The van der Waals surface area contributed by atoms with E-state index in [0.717, 1.165) is 43.2 Å². The molecule has 5 nitrogen and oxygen atoms in total. The number of carbonyl (C=O) groups excluding carboxylic acids is 1. The number of nitrogens with one attached hydrogen (secondary N) is 2. The molecule has 1 aromatic heterocycles. The van der Waals surface area contributed by atoms with Crippen molar-refractivity contribution in [2.24, 2.45) is 11.8 Å². The maximum Gasteiger partial charge on any atom is 0.220 e. The smallest absolute Gasteiger partial charge is 0.220 e. The number of hydrogen-bond donors (Lipinski definition) is 2. The summed E-state index contributed by atoms with van der Waals surface area (Å²) < 4.78 is 0. The van der Waals surface area contributed by atoms with Crippen LogP contribution in [0.4, 0.5) is 5.82 Å². The van der Waals surface area contributed by atoms with Gasteiger partial charge in [0.05, 0.1) is 0 Å². The molecule has 0 spiro atoms. The number of halogens is 2. The van der Waals surface area contributed by atoms with Crippen LogP contribution in [0.15, 0.2) is 18.3 Å². The van der Waals surface area contributed by atoms with E-state index in [1.807, 2.05) is 6.20 Å². The molecule has 2 unspecified atom stereocenters. The third-order valence-electron chi connectivity index (χ3n) is 6.45. The largest absolute Gasteiger partial charge is 0.357 e. The molecule has 0 aliphatic carbocycles. The lowest BCUT2D eigenvalue weighted by Crippen LogP contribution is -2.39. The van der Waals surface area contributed by atoms with E-state index in [9.17, 15) is 4.79 Å². The summed E-state index contributed by atoms with van der Waals surface area (Å²) in [5, 5.41) is 6.73. The van der Waals surface area contributed by atoms with Crippen LogP contribution in [0.3, 0.4) is 0 Å². The molecule has 2 atom stereocenters. The number of carbonyl (C=O) groups is 1. The Bertz CT molecular complexity index is 607. The number of fused-ring (bicyclic) bond motifs is 2. The zero-order valence-electron chi connectivity index (χ0n) is 16.7. The van der Waals surface area contributed by atoms with E-state index in [4.69, 9.17) is 0 Å². The summed E-state index contributed by atoms with van der Waals surface area (Å²) in [6.07, 6.45) is 9.98. The van der Waals surface area contributed by atoms with E-state index in [0.29, 0.717) is 31.0 Å². The highest BCUT2D eigenvalue weighted by molar-refractivity contribution is 5.85. The van der Waals surface area contributed by atoms with Crippen molar-refractivity contribution in [3.05, 3.63) is 23.9 Å². The van der Waals surface area contributed by atoms with Crippen LogP contribution in [0.1, 0.15) is 57.4 Å². The summed E-state index contributed by atoms with van der Waals surface area (Å²) in [6.45, 7) is 5.11. The average Bonchev–Trinajstić information content (AvgIpc) is 2.99. The molecule has 7 heteroatoms. The number of aromatic nitrogens is 1. The number of pyridine rings is 1. The molecule has 0 radical (unpaired) electrons. The van der Waals surface area contributed by atoms with Gasteiger partial charge in [-0.05, 0) is 62.0 Å². The number of hydrogen-bond acceptors (Lipinski definition) is 4. The number of nitrogens with zero attached hydrogens (tertiary/aromatic N) is 2. The molecule has 28 heavy (non-hydrogen) atoms. The molecule has 158 valence electrons. The van der Waals surface area contributed by atoms with E-state index >= 15 is 0 Å². The van der Waals surface area contributed by atoms with Crippen molar-refractivity contribution >= 4 is 36.5 Å². The maximum atomic E-state index is 12.3. The first-order valence-electron chi connectivity index (χ1n) is 10.4. The number of piperidine rings is 2. The molecule has 3 aliphatic heterocycles. The predicted octanol–water partition coefficient (Wildman–Crippen LogP) is 3.70. The Morgan fingerprint density at radius 3 is 2.43 bits per heavy atom. The summed E-state index contributed by atoms with van der Waals surface area (Å²) in [7, 11) is 0. The van der Waals surface area contributed by atoms with Crippen LogP contribution in [0.5, 0.6) is 0 Å².